The Morgan fingerprint density at radius 1 is 1.32 bits per heavy atom. The summed E-state index contributed by atoms with van der Waals surface area (Å²) >= 11 is 0. The molecule has 19 heavy (non-hydrogen) atoms. The van der Waals surface area contributed by atoms with Gasteiger partial charge in [-0.1, -0.05) is 19.1 Å². The van der Waals surface area contributed by atoms with Crippen molar-refractivity contribution in [3.8, 4) is 0 Å². The Kier molecular flexibility index (Phi) is 2.85. The zero-order chi connectivity index (χ0) is 13.4. The SMILES string of the molecule is CCCN1Cc2nc3ccccc3c(=O)n2C=C1C. The number of nitrogens with zero attached hydrogens (tertiary/aromatic N) is 3. The minimum atomic E-state index is 0.0242. The Balaban J connectivity index is 2.21. The molecule has 0 bridgehead atoms. The van der Waals surface area contributed by atoms with Crippen molar-refractivity contribution in [1.82, 2.24) is 14.5 Å². The highest BCUT2D eigenvalue weighted by Crippen LogP contribution is 2.18. The Labute approximate surface area is 112 Å². The molecule has 3 rings (SSSR count). The van der Waals surface area contributed by atoms with Gasteiger partial charge in [-0.25, -0.2) is 4.98 Å². The molecule has 4 heteroatoms. The molecule has 0 spiro atoms. The third kappa shape index (κ3) is 1.93. The first-order valence-electron chi connectivity index (χ1n) is 6.64. The molecule has 2 aromatic rings. The molecule has 0 unspecified atom stereocenters. The number of hydrogen-bond donors (Lipinski definition) is 0. The van der Waals surface area contributed by atoms with Crippen LogP contribution in [-0.2, 0) is 6.54 Å². The summed E-state index contributed by atoms with van der Waals surface area (Å²) in [4.78, 5) is 19.3. The van der Waals surface area contributed by atoms with Gasteiger partial charge in [-0.15, -0.1) is 0 Å². The summed E-state index contributed by atoms with van der Waals surface area (Å²) in [6.07, 6.45) is 2.99. The molecule has 0 aliphatic carbocycles. The van der Waals surface area contributed by atoms with Gasteiger partial charge in [0.2, 0.25) is 0 Å². The number of para-hydroxylation sites is 1. The van der Waals surface area contributed by atoms with Crippen LogP contribution in [0.15, 0.2) is 34.8 Å². The lowest BCUT2D eigenvalue weighted by Crippen LogP contribution is -2.33. The molecular formula is C15H17N3O. The predicted molar refractivity (Wildman–Crippen MR) is 76.7 cm³/mol. The normalized spacial score (nSPS) is 14.4. The van der Waals surface area contributed by atoms with E-state index in [0.29, 0.717) is 11.9 Å². The maximum absolute atomic E-state index is 12.4. The summed E-state index contributed by atoms with van der Waals surface area (Å²) in [6.45, 7) is 5.89. The van der Waals surface area contributed by atoms with Gasteiger partial charge in [0.1, 0.15) is 5.82 Å². The highest BCUT2D eigenvalue weighted by atomic mass is 16.1. The molecule has 0 atom stereocenters. The molecule has 4 nitrogen and oxygen atoms in total. The fourth-order valence-electron chi connectivity index (χ4n) is 2.53. The van der Waals surface area contributed by atoms with Crippen molar-refractivity contribution < 1.29 is 0 Å². The van der Waals surface area contributed by atoms with Gasteiger partial charge in [-0.2, -0.15) is 0 Å². The van der Waals surface area contributed by atoms with E-state index < -0.39 is 0 Å². The van der Waals surface area contributed by atoms with Gasteiger partial charge < -0.3 is 4.90 Å². The van der Waals surface area contributed by atoms with Crippen LogP contribution < -0.4 is 5.56 Å². The lowest BCUT2D eigenvalue weighted by Gasteiger charge is -2.29. The van der Waals surface area contributed by atoms with E-state index in [0.717, 1.165) is 30.0 Å². The van der Waals surface area contributed by atoms with Crippen molar-refractivity contribution in [3.05, 3.63) is 46.1 Å². The monoisotopic (exact) mass is 255 g/mol. The number of benzene rings is 1. The van der Waals surface area contributed by atoms with Crippen LogP contribution in [-0.4, -0.2) is 21.0 Å². The van der Waals surface area contributed by atoms with Crippen LogP contribution in [0.4, 0.5) is 0 Å². The van der Waals surface area contributed by atoms with Crippen molar-refractivity contribution in [1.29, 1.82) is 0 Å². The Bertz CT molecular complexity index is 715. The number of allylic oxidation sites excluding steroid dienone is 1. The fraction of sp³-hybridized carbons (Fsp3) is 0.333. The number of aromatic nitrogens is 2. The van der Waals surface area contributed by atoms with Crippen LogP contribution in [0.2, 0.25) is 0 Å². The van der Waals surface area contributed by atoms with E-state index in [1.807, 2.05) is 37.4 Å². The molecule has 1 aromatic carbocycles. The van der Waals surface area contributed by atoms with Gasteiger partial charge in [0.15, 0.2) is 0 Å². The predicted octanol–water partition coefficient (Wildman–Crippen LogP) is 2.44. The quantitative estimate of drug-likeness (QED) is 0.827. The molecule has 0 saturated carbocycles. The van der Waals surface area contributed by atoms with Crippen molar-refractivity contribution in [2.24, 2.45) is 0 Å². The summed E-state index contributed by atoms with van der Waals surface area (Å²) in [7, 11) is 0. The van der Waals surface area contributed by atoms with Gasteiger partial charge in [0.25, 0.3) is 5.56 Å². The summed E-state index contributed by atoms with van der Waals surface area (Å²) in [5.41, 5.74) is 1.92. The topological polar surface area (TPSA) is 38.1 Å². The van der Waals surface area contributed by atoms with E-state index in [1.165, 1.54) is 0 Å². The molecule has 0 radical (unpaired) electrons. The van der Waals surface area contributed by atoms with Gasteiger partial charge in [0.05, 0.1) is 17.4 Å². The summed E-state index contributed by atoms with van der Waals surface area (Å²) in [5, 5.41) is 0.680. The molecule has 0 fully saturated rings. The molecule has 0 N–H and O–H groups in total. The average Bonchev–Trinajstić information content (AvgIpc) is 2.41. The van der Waals surface area contributed by atoms with Crippen LogP contribution >= 0.6 is 0 Å². The molecular weight excluding hydrogens is 238 g/mol. The van der Waals surface area contributed by atoms with Crippen molar-refractivity contribution >= 4 is 17.1 Å². The van der Waals surface area contributed by atoms with E-state index in [1.54, 1.807) is 4.57 Å². The maximum atomic E-state index is 12.4. The number of fused-ring (bicyclic) bond motifs is 2. The molecule has 98 valence electrons. The van der Waals surface area contributed by atoms with E-state index in [-0.39, 0.29) is 5.56 Å². The molecule has 1 aliphatic heterocycles. The smallest absolute Gasteiger partial charge is 0.265 e. The van der Waals surface area contributed by atoms with Crippen LogP contribution in [0.25, 0.3) is 17.1 Å². The first kappa shape index (κ1) is 12.0. The van der Waals surface area contributed by atoms with E-state index >= 15 is 0 Å². The van der Waals surface area contributed by atoms with Crippen LogP contribution in [0.5, 0.6) is 0 Å². The van der Waals surface area contributed by atoms with Crippen molar-refractivity contribution in [3.63, 3.8) is 0 Å². The number of hydrogen-bond acceptors (Lipinski definition) is 3. The van der Waals surface area contributed by atoms with Gasteiger partial charge >= 0.3 is 0 Å². The van der Waals surface area contributed by atoms with Gasteiger partial charge in [-0.05, 0) is 25.5 Å². The largest absolute Gasteiger partial charge is 0.366 e. The summed E-state index contributed by atoms with van der Waals surface area (Å²) in [5.74, 6) is 0.822. The second-order valence-electron chi connectivity index (χ2n) is 4.91. The van der Waals surface area contributed by atoms with Crippen molar-refractivity contribution in [2.45, 2.75) is 26.8 Å². The lowest BCUT2D eigenvalue weighted by atomic mass is 10.2. The van der Waals surface area contributed by atoms with E-state index in [2.05, 4.69) is 16.8 Å². The van der Waals surface area contributed by atoms with Gasteiger partial charge in [0, 0.05) is 18.4 Å². The van der Waals surface area contributed by atoms with Crippen LogP contribution in [0.3, 0.4) is 0 Å². The first-order valence-corrected chi connectivity index (χ1v) is 6.64. The maximum Gasteiger partial charge on any atom is 0.265 e. The van der Waals surface area contributed by atoms with Gasteiger partial charge in [-0.3, -0.25) is 9.36 Å². The van der Waals surface area contributed by atoms with Crippen LogP contribution in [0.1, 0.15) is 26.1 Å². The Morgan fingerprint density at radius 2 is 2.11 bits per heavy atom. The molecule has 1 aliphatic rings. The number of rotatable bonds is 2. The zero-order valence-electron chi connectivity index (χ0n) is 11.3. The molecule has 2 heterocycles. The summed E-state index contributed by atoms with van der Waals surface area (Å²) in [6, 6.07) is 7.52. The minimum absolute atomic E-state index is 0.0242. The highest BCUT2D eigenvalue weighted by molar-refractivity contribution is 5.77. The third-order valence-electron chi connectivity index (χ3n) is 3.52. The van der Waals surface area contributed by atoms with E-state index in [4.69, 9.17) is 0 Å². The first-order chi connectivity index (χ1) is 9.20. The third-order valence-corrected chi connectivity index (χ3v) is 3.52. The standard InChI is InChI=1S/C15H17N3O/c1-3-8-17-10-14-16-13-7-5-4-6-12(13)15(19)18(14)9-11(17)2/h4-7,9H,3,8,10H2,1-2H3. The second kappa shape index (κ2) is 4.53. The Morgan fingerprint density at radius 3 is 2.89 bits per heavy atom. The summed E-state index contributed by atoms with van der Waals surface area (Å²) < 4.78 is 1.68. The van der Waals surface area contributed by atoms with E-state index in [9.17, 15) is 4.79 Å². The highest BCUT2D eigenvalue weighted by Gasteiger charge is 2.18. The van der Waals surface area contributed by atoms with Crippen molar-refractivity contribution in [2.75, 3.05) is 6.54 Å². The molecule has 0 amide bonds. The fourth-order valence-corrected chi connectivity index (χ4v) is 2.53. The zero-order valence-corrected chi connectivity index (χ0v) is 11.3. The Hall–Kier alpha value is -2.10. The molecule has 1 aromatic heterocycles. The second-order valence-corrected chi connectivity index (χ2v) is 4.91. The average molecular weight is 255 g/mol. The molecule has 0 saturated heterocycles. The lowest BCUT2D eigenvalue weighted by molar-refractivity contribution is 0.318. The minimum Gasteiger partial charge on any atom is -0.366 e. The van der Waals surface area contributed by atoms with Crippen LogP contribution in [0, 0.1) is 0 Å².